The van der Waals surface area contributed by atoms with Crippen molar-refractivity contribution in [1.29, 1.82) is 0 Å². The zero-order valence-corrected chi connectivity index (χ0v) is 14.7. The second-order valence-corrected chi connectivity index (χ2v) is 5.98. The van der Waals surface area contributed by atoms with E-state index in [0.29, 0.717) is 29.2 Å². The summed E-state index contributed by atoms with van der Waals surface area (Å²) in [7, 11) is 0. The molecule has 0 aliphatic rings. The molecule has 0 bridgehead atoms. The zero-order chi connectivity index (χ0) is 19.1. The van der Waals surface area contributed by atoms with Crippen LogP contribution >= 0.6 is 0 Å². The van der Waals surface area contributed by atoms with Gasteiger partial charge in [0.2, 0.25) is 5.91 Å². The Morgan fingerprint density at radius 3 is 2.41 bits per heavy atom. The van der Waals surface area contributed by atoms with E-state index in [0.717, 1.165) is 6.42 Å². The molecule has 0 aliphatic carbocycles. The highest BCUT2D eigenvalue weighted by molar-refractivity contribution is 6.06. The predicted octanol–water partition coefficient (Wildman–Crippen LogP) is 3.66. The maximum atomic E-state index is 12.6. The fraction of sp³-hybridized carbons (Fsp3) is 0.0909. The van der Waals surface area contributed by atoms with Crippen LogP contribution in [0, 0.1) is 0 Å². The van der Waals surface area contributed by atoms with Crippen molar-refractivity contribution in [2.45, 2.75) is 6.42 Å². The molecule has 0 fully saturated rings. The summed E-state index contributed by atoms with van der Waals surface area (Å²) in [5.41, 5.74) is 7.70. The number of ether oxygens (including phenoxy) is 1. The van der Waals surface area contributed by atoms with Crippen molar-refractivity contribution in [1.82, 2.24) is 0 Å². The van der Waals surface area contributed by atoms with Gasteiger partial charge in [-0.25, -0.2) is 0 Å². The quantitative estimate of drug-likeness (QED) is 0.675. The maximum absolute atomic E-state index is 12.6. The molecule has 5 heteroatoms. The number of para-hydroxylation sites is 1. The standard InChI is InChI=1S/C22H20N2O3/c23-21(25)17-9-6-10-18(15-17)24-22(26)19-11-4-5-12-20(19)27-14-13-16-7-2-1-3-8-16/h1-12,15H,13-14H2,(H2,23,25)(H,24,26). The third-order valence-corrected chi connectivity index (χ3v) is 4.03. The van der Waals surface area contributed by atoms with E-state index in [2.05, 4.69) is 5.32 Å². The summed E-state index contributed by atoms with van der Waals surface area (Å²) in [4.78, 5) is 23.9. The molecule has 0 aromatic heterocycles. The number of hydrogen-bond donors (Lipinski definition) is 2. The fourth-order valence-corrected chi connectivity index (χ4v) is 2.65. The Balaban J connectivity index is 1.68. The molecule has 3 N–H and O–H groups in total. The Labute approximate surface area is 157 Å². The van der Waals surface area contributed by atoms with Gasteiger partial charge in [0.05, 0.1) is 12.2 Å². The van der Waals surface area contributed by atoms with Gasteiger partial charge in [0.15, 0.2) is 0 Å². The zero-order valence-electron chi connectivity index (χ0n) is 14.7. The van der Waals surface area contributed by atoms with E-state index in [1.54, 1.807) is 42.5 Å². The van der Waals surface area contributed by atoms with Crippen LogP contribution in [0.2, 0.25) is 0 Å². The molecule has 2 amide bonds. The fourth-order valence-electron chi connectivity index (χ4n) is 2.65. The summed E-state index contributed by atoms with van der Waals surface area (Å²) in [6.45, 7) is 0.464. The van der Waals surface area contributed by atoms with Gasteiger partial charge < -0.3 is 15.8 Å². The molecular formula is C22H20N2O3. The van der Waals surface area contributed by atoms with Gasteiger partial charge in [0.1, 0.15) is 5.75 Å². The van der Waals surface area contributed by atoms with Gasteiger partial charge in [-0.2, -0.15) is 0 Å². The third-order valence-electron chi connectivity index (χ3n) is 4.03. The largest absolute Gasteiger partial charge is 0.492 e. The lowest BCUT2D eigenvalue weighted by atomic mass is 10.1. The molecule has 0 heterocycles. The van der Waals surface area contributed by atoms with Crippen LogP contribution in [-0.4, -0.2) is 18.4 Å². The van der Waals surface area contributed by atoms with E-state index in [1.165, 1.54) is 5.56 Å². The Morgan fingerprint density at radius 1 is 0.889 bits per heavy atom. The average Bonchev–Trinajstić information content (AvgIpc) is 2.69. The number of carbonyl (C=O) groups is 2. The Kier molecular flexibility index (Phi) is 5.84. The van der Waals surface area contributed by atoms with Crippen molar-refractivity contribution < 1.29 is 14.3 Å². The highest BCUT2D eigenvalue weighted by atomic mass is 16.5. The molecule has 3 rings (SSSR count). The van der Waals surface area contributed by atoms with Crippen LogP contribution in [0.15, 0.2) is 78.9 Å². The lowest BCUT2D eigenvalue weighted by molar-refractivity contribution is 0.0995. The molecule has 0 unspecified atom stereocenters. The lowest BCUT2D eigenvalue weighted by Gasteiger charge is -2.12. The van der Waals surface area contributed by atoms with E-state index in [1.807, 2.05) is 36.4 Å². The van der Waals surface area contributed by atoms with Crippen LogP contribution in [-0.2, 0) is 6.42 Å². The topological polar surface area (TPSA) is 81.4 Å². The van der Waals surface area contributed by atoms with Crippen LogP contribution in [0.5, 0.6) is 5.75 Å². The van der Waals surface area contributed by atoms with Crippen LogP contribution < -0.4 is 15.8 Å². The molecule has 27 heavy (non-hydrogen) atoms. The first-order chi connectivity index (χ1) is 13.1. The molecule has 0 saturated heterocycles. The molecule has 136 valence electrons. The van der Waals surface area contributed by atoms with Crippen molar-refractivity contribution in [3.8, 4) is 5.75 Å². The molecule has 3 aromatic carbocycles. The molecule has 0 saturated carbocycles. The van der Waals surface area contributed by atoms with Gasteiger partial charge in [0.25, 0.3) is 5.91 Å². The van der Waals surface area contributed by atoms with Gasteiger partial charge in [-0.1, -0.05) is 48.5 Å². The minimum atomic E-state index is -0.546. The monoisotopic (exact) mass is 360 g/mol. The number of primary amides is 1. The normalized spacial score (nSPS) is 10.2. The van der Waals surface area contributed by atoms with Gasteiger partial charge in [-0.05, 0) is 35.9 Å². The van der Waals surface area contributed by atoms with Crippen molar-refractivity contribution in [3.05, 3.63) is 95.6 Å². The molecule has 0 spiro atoms. The van der Waals surface area contributed by atoms with E-state index in [9.17, 15) is 9.59 Å². The highest BCUT2D eigenvalue weighted by Gasteiger charge is 2.13. The number of benzene rings is 3. The Hall–Kier alpha value is -3.60. The SMILES string of the molecule is NC(=O)c1cccc(NC(=O)c2ccccc2OCCc2ccccc2)c1. The number of rotatable bonds is 7. The first kappa shape index (κ1) is 18.2. The summed E-state index contributed by atoms with van der Waals surface area (Å²) >= 11 is 0. The van der Waals surface area contributed by atoms with E-state index < -0.39 is 5.91 Å². The number of nitrogens with one attached hydrogen (secondary N) is 1. The second kappa shape index (κ2) is 8.67. The smallest absolute Gasteiger partial charge is 0.259 e. The minimum absolute atomic E-state index is 0.313. The summed E-state index contributed by atoms with van der Waals surface area (Å²) in [5, 5.41) is 2.78. The number of hydrogen-bond acceptors (Lipinski definition) is 3. The van der Waals surface area contributed by atoms with Crippen molar-refractivity contribution >= 4 is 17.5 Å². The average molecular weight is 360 g/mol. The summed E-state index contributed by atoms with van der Waals surface area (Å²) in [6.07, 6.45) is 0.747. The van der Waals surface area contributed by atoms with E-state index in [4.69, 9.17) is 10.5 Å². The van der Waals surface area contributed by atoms with Crippen LogP contribution in [0.4, 0.5) is 5.69 Å². The molecule has 0 radical (unpaired) electrons. The molecule has 0 aliphatic heterocycles. The maximum Gasteiger partial charge on any atom is 0.259 e. The second-order valence-electron chi connectivity index (χ2n) is 5.98. The van der Waals surface area contributed by atoms with Gasteiger partial charge in [-0.3, -0.25) is 9.59 Å². The summed E-state index contributed by atoms with van der Waals surface area (Å²) in [6, 6.07) is 23.6. The van der Waals surface area contributed by atoms with Crippen LogP contribution in [0.1, 0.15) is 26.3 Å². The number of carbonyl (C=O) groups excluding carboxylic acids is 2. The van der Waals surface area contributed by atoms with Crippen LogP contribution in [0.3, 0.4) is 0 Å². The van der Waals surface area contributed by atoms with E-state index in [-0.39, 0.29) is 5.91 Å². The molecular weight excluding hydrogens is 340 g/mol. The summed E-state index contributed by atoms with van der Waals surface area (Å²) in [5.74, 6) is -0.348. The Morgan fingerprint density at radius 2 is 1.63 bits per heavy atom. The van der Waals surface area contributed by atoms with Gasteiger partial charge in [-0.15, -0.1) is 0 Å². The number of amides is 2. The first-order valence-corrected chi connectivity index (χ1v) is 8.60. The Bertz CT molecular complexity index is 939. The molecule has 3 aromatic rings. The highest BCUT2D eigenvalue weighted by Crippen LogP contribution is 2.20. The predicted molar refractivity (Wildman–Crippen MR) is 105 cm³/mol. The lowest BCUT2D eigenvalue weighted by Crippen LogP contribution is -2.15. The first-order valence-electron chi connectivity index (χ1n) is 8.60. The van der Waals surface area contributed by atoms with Gasteiger partial charge >= 0.3 is 0 Å². The van der Waals surface area contributed by atoms with Crippen molar-refractivity contribution in [2.24, 2.45) is 5.73 Å². The van der Waals surface area contributed by atoms with E-state index >= 15 is 0 Å². The summed E-state index contributed by atoms with van der Waals surface area (Å²) < 4.78 is 5.83. The van der Waals surface area contributed by atoms with Crippen LogP contribution in [0.25, 0.3) is 0 Å². The molecule has 5 nitrogen and oxygen atoms in total. The minimum Gasteiger partial charge on any atom is -0.492 e. The number of anilines is 1. The van der Waals surface area contributed by atoms with Gasteiger partial charge in [0, 0.05) is 17.7 Å². The molecule has 0 atom stereocenters. The van der Waals surface area contributed by atoms with Crippen molar-refractivity contribution in [2.75, 3.05) is 11.9 Å². The third kappa shape index (κ3) is 4.95. The van der Waals surface area contributed by atoms with Crippen molar-refractivity contribution in [3.63, 3.8) is 0 Å². The number of nitrogens with two attached hydrogens (primary N) is 1.